The Bertz CT molecular complexity index is 331. The van der Waals surface area contributed by atoms with E-state index in [2.05, 4.69) is 25.7 Å². The van der Waals surface area contributed by atoms with Crippen molar-refractivity contribution < 1.29 is 0 Å². The molecule has 0 N–H and O–H groups in total. The average Bonchev–Trinajstić information content (AvgIpc) is 2.77. The Hall–Kier alpha value is -0.0400. The molecule has 0 aromatic carbocycles. The summed E-state index contributed by atoms with van der Waals surface area (Å²) in [4.78, 5) is 2.88. The van der Waals surface area contributed by atoms with E-state index < -0.39 is 0 Å². The van der Waals surface area contributed by atoms with E-state index in [9.17, 15) is 0 Å². The van der Waals surface area contributed by atoms with E-state index in [0.29, 0.717) is 0 Å². The third kappa shape index (κ3) is 14.9. The third-order valence-electron chi connectivity index (χ3n) is 7.59. The monoisotopic (exact) mass is 421 g/mol. The Morgan fingerprint density at radius 3 is 1.50 bits per heavy atom. The standard InChI is InChI=1S/C29H59N/c1-4-7-10-11-12-13-14-15-16-17-18-19-20-22-28-23-21-24-29(27-28)30(25-8-5-2)26-9-6-3/h28-29H,4-27H2,1-3H3. The number of hydrogen-bond acceptors (Lipinski definition) is 1. The maximum absolute atomic E-state index is 2.88. The summed E-state index contributed by atoms with van der Waals surface area (Å²) in [5, 5.41) is 0. The van der Waals surface area contributed by atoms with Crippen LogP contribution in [-0.4, -0.2) is 24.0 Å². The molecule has 1 nitrogen and oxygen atoms in total. The lowest BCUT2D eigenvalue weighted by Crippen LogP contribution is -2.40. The molecule has 1 rings (SSSR count). The van der Waals surface area contributed by atoms with Gasteiger partial charge in [-0.2, -0.15) is 0 Å². The molecule has 1 heteroatoms. The topological polar surface area (TPSA) is 3.24 Å². The summed E-state index contributed by atoms with van der Waals surface area (Å²) in [5.41, 5.74) is 0. The van der Waals surface area contributed by atoms with Gasteiger partial charge in [-0.1, -0.05) is 136 Å². The highest BCUT2D eigenvalue weighted by Crippen LogP contribution is 2.32. The summed E-state index contributed by atoms with van der Waals surface area (Å²) < 4.78 is 0. The van der Waals surface area contributed by atoms with Crippen LogP contribution in [0.2, 0.25) is 0 Å². The molecule has 1 fully saturated rings. The molecule has 0 bridgehead atoms. The van der Waals surface area contributed by atoms with Gasteiger partial charge in [0.15, 0.2) is 0 Å². The molecule has 0 aromatic heterocycles. The van der Waals surface area contributed by atoms with Crippen LogP contribution in [0, 0.1) is 5.92 Å². The molecule has 1 aliphatic rings. The van der Waals surface area contributed by atoms with Crippen molar-refractivity contribution in [3.8, 4) is 0 Å². The highest BCUT2D eigenvalue weighted by molar-refractivity contribution is 4.80. The van der Waals surface area contributed by atoms with Gasteiger partial charge in [-0.3, -0.25) is 0 Å². The molecular weight excluding hydrogens is 362 g/mol. The first-order valence-corrected chi connectivity index (χ1v) is 14.6. The molecule has 0 radical (unpaired) electrons. The van der Waals surface area contributed by atoms with Crippen molar-refractivity contribution in [3.05, 3.63) is 0 Å². The van der Waals surface area contributed by atoms with E-state index >= 15 is 0 Å². The van der Waals surface area contributed by atoms with E-state index in [1.165, 1.54) is 154 Å². The smallest absolute Gasteiger partial charge is 0.00978 e. The summed E-state index contributed by atoms with van der Waals surface area (Å²) in [6, 6.07) is 0.906. The molecule has 0 saturated heterocycles. The summed E-state index contributed by atoms with van der Waals surface area (Å²) in [6.45, 7) is 9.70. The Labute approximate surface area is 192 Å². The van der Waals surface area contributed by atoms with Gasteiger partial charge in [-0.05, 0) is 44.7 Å². The number of hydrogen-bond donors (Lipinski definition) is 0. The molecule has 0 spiro atoms. The molecular formula is C29H59N. The van der Waals surface area contributed by atoms with Gasteiger partial charge in [0.05, 0.1) is 0 Å². The zero-order valence-electron chi connectivity index (χ0n) is 21.6. The first-order valence-electron chi connectivity index (χ1n) is 14.6. The fraction of sp³-hybridized carbons (Fsp3) is 1.00. The van der Waals surface area contributed by atoms with Crippen LogP contribution in [-0.2, 0) is 0 Å². The van der Waals surface area contributed by atoms with Crippen LogP contribution in [0.4, 0.5) is 0 Å². The lowest BCUT2D eigenvalue weighted by atomic mass is 9.81. The van der Waals surface area contributed by atoms with Gasteiger partial charge in [0.1, 0.15) is 0 Å². The molecule has 0 aliphatic heterocycles. The first kappa shape index (κ1) is 28.0. The SMILES string of the molecule is CCCCCCCCCCCCCCCC1CCCC(N(CCCC)CCCC)C1. The predicted molar refractivity (Wildman–Crippen MR) is 137 cm³/mol. The van der Waals surface area contributed by atoms with Crippen molar-refractivity contribution in [1.82, 2.24) is 4.90 Å². The van der Waals surface area contributed by atoms with Crippen LogP contribution in [0.25, 0.3) is 0 Å². The van der Waals surface area contributed by atoms with Crippen LogP contribution < -0.4 is 0 Å². The zero-order chi connectivity index (χ0) is 21.7. The second-order valence-electron chi connectivity index (χ2n) is 10.5. The first-order chi connectivity index (χ1) is 14.8. The van der Waals surface area contributed by atoms with Gasteiger partial charge in [-0.25, -0.2) is 0 Å². The fourth-order valence-corrected chi connectivity index (χ4v) is 5.51. The van der Waals surface area contributed by atoms with Crippen molar-refractivity contribution in [3.63, 3.8) is 0 Å². The van der Waals surface area contributed by atoms with E-state index in [0.717, 1.165) is 12.0 Å². The van der Waals surface area contributed by atoms with Crippen LogP contribution in [0.5, 0.6) is 0 Å². The summed E-state index contributed by atoms with van der Waals surface area (Å²) in [5.74, 6) is 1.03. The van der Waals surface area contributed by atoms with Crippen LogP contribution >= 0.6 is 0 Å². The van der Waals surface area contributed by atoms with E-state index in [4.69, 9.17) is 0 Å². The Morgan fingerprint density at radius 1 is 0.533 bits per heavy atom. The van der Waals surface area contributed by atoms with Gasteiger partial charge < -0.3 is 4.90 Å². The molecule has 0 aromatic rings. The minimum Gasteiger partial charge on any atom is -0.300 e. The van der Waals surface area contributed by atoms with Crippen molar-refractivity contribution >= 4 is 0 Å². The van der Waals surface area contributed by atoms with Crippen LogP contribution in [0.3, 0.4) is 0 Å². The molecule has 0 heterocycles. The van der Waals surface area contributed by atoms with Gasteiger partial charge in [0.2, 0.25) is 0 Å². The van der Waals surface area contributed by atoms with Crippen molar-refractivity contribution in [2.45, 2.75) is 168 Å². The fourth-order valence-electron chi connectivity index (χ4n) is 5.51. The number of nitrogens with zero attached hydrogens (tertiary/aromatic N) is 1. The molecule has 1 saturated carbocycles. The van der Waals surface area contributed by atoms with E-state index in [1.54, 1.807) is 0 Å². The van der Waals surface area contributed by atoms with Crippen molar-refractivity contribution in [2.24, 2.45) is 5.92 Å². The highest BCUT2D eigenvalue weighted by Gasteiger charge is 2.25. The van der Waals surface area contributed by atoms with E-state index in [1.807, 2.05) is 0 Å². The Kier molecular flexibility index (Phi) is 19.4. The second kappa shape index (κ2) is 20.8. The van der Waals surface area contributed by atoms with Gasteiger partial charge >= 0.3 is 0 Å². The molecule has 2 atom stereocenters. The zero-order valence-corrected chi connectivity index (χ0v) is 21.6. The number of rotatable bonds is 21. The minimum absolute atomic E-state index is 0.906. The normalized spacial score (nSPS) is 19.6. The molecule has 2 unspecified atom stereocenters. The lowest BCUT2D eigenvalue weighted by Gasteiger charge is -2.38. The third-order valence-corrected chi connectivity index (χ3v) is 7.59. The van der Waals surface area contributed by atoms with E-state index in [-0.39, 0.29) is 0 Å². The maximum Gasteiger partial charge on any atom is 0.00978 e. The maximum atomic E-state index is 2.88. The number of unbranched alkanes of at least 4 members (excludes halogenated alkanes) is 14. The largest absolute Gasteiger partial charge is 0.300 e. The highest BCUT2D eigenvalue weighted by atomic mass is 15.1. The lowest BCUT2D eigenvalue weighted by molar-refractivity contribution is 0.122. The predicted octanol–water partition coefficient (Wildman–Crippen LogP) is 9.93. The quantitative estimate of drug-likeness (QED) is 0.167. The summed E-state index contributed by atoms with van der Waals surface area (Å²) in [7, 11) is 0. The van der Waals surface area contributed by atoms with Gasteiger partial charge in [0.25, 0.3) is 0 Å². The van der Waals surface area contributed by atoms with Crippen molar-refractivity contribution in [2.75, 3.05) is 13.1 Å². The summed E-state index contributed by atoms with van der Waals surface area (Å²) in [6.07, 6.45) is 32.1. The van der Waals surface area contributed by atoms with Gasteiger partial charge in [0, 0.05) is 6.04 Å². The molecule has 30 heavy (non-hydrogen) atoms. The molecule has 0 amide bonds. The Morgan fingerprint density at radius 2 is 1.00 bits per heavy atom. The second-order valence-corrected chi connectivity index (χ2v) is 10.5. The molecule has 180 valence electrons. The molecule has 1 aliphatic carbocycles. The Balaban J connectivity index is 2.02. The van der Waals surface area contributed by atoms with Crippen LogP contribution in [0.1, 0.15) is 162 Å². The minimum atomic E-state index is 0.906. The average molecular weight is 422 g/mol. The van der Waals surface area contributed by atoms with Crippen LogP contribution in [0.15, 0.2) is 0 Å². The van der Waals surface area contributed by atoms with Crippen molar-refractivity contribution in [1.29, 1.82) is 0 Å². The summed E-state index contributed by atoms with van der Waals surface area (Å²) >= 11 is 0. The van der Waals surface area contributed by atoms with Gasteiger partial charge in [-0.15, -0.1) is 0 Å².